The van der Waals surface area contributed by atoms with E-state index in [4.69, 9.17) is 4.74 Å². The molecule has 0 radical (unpaired) electrons. The molecule has 8 nitrogen and oxygen atoms in total. The van der Waals surface area contributed by atoms with Gasteiger partial charge in [-0.05, 0) is 25.8 Å². The Morgan fingerprint density at radius 1 is 1.11 bits per heavy atom. The first-order valence-electron chi connectivity index (χ1n) is 9.07. The zero-order valence-corrected chi connectivity index (χ0v) is 16.6. The fourth-order valence-corrected chi connectivity index (χ4v) is 4.14. The highest BCUT2D eigenvalue weighted by molar-refractivity contribution is 7.89. The second kappa shape index (κ2) is 9.70. The minimum absolute atomic E-state index is 0.0781. The molecular weight excluding hydrogens is 370 g/mol. The van der Waals surface area contributed by atoms with Gasteiger partial charge in [0.25, 0.3) is 0 Å². The summed E-state index contributed by atoms with van der Waals surface area (Å²) in [6.45, 7) is 5.04. The maximum absolute atomic E-state index is 12.5. The third kappa shape index (κ3) is 6.51. The van der Waals surface area contributed by atoms with Crippen molar-refractivity contribution in [3.63, 3.8) is 0 Å². The third-order valence-corrected chi connectivity index (χ3v) is 5.80. The quantitative estimate of drug-likeness (QED) is 0.735. The molecule has 2 rings (SSSR count). The van der Waals surface area contributed by atoms with Gasteiger partial charge in [0.2, 0.25) is 15.9 Å². The number of nitrogens with one attached hydrogen (secondary N) is 1. The summed E-state index contributed by atoms with van der Waals surface area (Å²) in [4.78, 5) is 27.3. The van der Waals surface area contributed by atoms with Crippen LogP contribution in [0.15, 0.2) is 30.3 Å². The van der Waals surface area contributed by atoms with Crippen molar-refractivity contribution < 1.29 is 22.7 Å². The lowest BCUT2D eigenvalue weighted by Gasteiger charge is -2.35. The Labute approximate surface area is 160 Å². The number of aryl methyl sites for hydroxylation is 1. The van der Waals surface area contributed by atoms with Crippen molar-refractivity contribution in [1.29, 1.82) is 0 Å². The summed E-state index contributed by atoms with van der Waals surface area (Å²) >= 11 is 0. The van der Waals surface area contributed by atoms with Crippen LogP contribution in [0.2, 0.25) is 0 Å². The fourth-order valence-electron chi connectivity index (χ4n) is 2.87. The van der Waals surface area contributed by atoms with E-state index in [1.54, 1.807) is 23.6 Å². The molecule has 0 aromatic heterocycles. The van der Waals surface area contributed by atoms with Crippen LogP contribution in [0.25, 0.3) is 0 Å². The molecule has 150 valence electrons. The van der Waals surface area contributed by atoms with Crippen molar-refractivity contribution in [2.24, 2.45) is 0 Å². The first kappa shape index (κ1) is 21.2. The van der Waals surface area contributed by atoms with E-state index in [9.17, 15) is 18.0 Å². The van der Waals surface area contributed by atoms with Crippen LogP contribution in [-0.2, 0) is 26.0 Å². The summed E-state index contributed by atoms with van der Waals surface area (Å²) in [5.74, 6) is -0.368. The molecule has 0 unspecified atom stereocenters. The molecule has 2 amide bonds. The van der Waals surface area contributed by atoms with Crippen molar-refractivity contribution in [1.82, 2.24) is 14.5 Å². The van der Waals surface area contributed by atoms with Crippen LogP contribution in [0.3, 0.4) is 0 Å². The largest absolute Gasteiger partial charge is 0.450 e. The topological polar surface area (TPSA) is 96.0 Å². The Hall–Kier alpha value is -2.13. The number of rotatable bonds is 7. The number of benzene rings is 1. The van der Waals surface area contributed by atoms with E-state index in [-0.39, 0.29) is 17.8 Å². The molecule has 1 aliphatic rings. The van der Waals surface area contributed by atoms with Crippen LogP contribution in [0, 0.1) is 0 Å². The monoisotopic (exact) mass is 397 g/mol. The maximum atomic E-state index is 12.5. The van der Waals surface area contributed by atoms with Gasteiger partial charge >= 0.3 is 6.09 Å². The van der Waals surface area contributed by atoms with Gasteiger partial charge in [0, 0.05) is 26.2 Å². The Morgan fingerprint density at radius 2 is 1.70 bits per heavy atom. The molecule has 1 aromatic carbocycles. The van der Waals surface area contributed by atoms with Crippen molar-refractivity contribution >= 4 is 22.0 Å². The zero-order valence-electron chi connectivity index (χ0n) is 15.8. The summed E-state index contributed by atoms with van der Waals surface area (Å²) in [7, 11) is -3.58. The Morgan fingerprint density at radius 3 is 2.30 bits per heavy atom. The minimum atomic E-state index is -3.58. The SMILES string of the molecule is CCOC(=O)N1CCN(C(=O)[C@@H](C)NS(=O)(=O)CCc2ccccc2)CC1. The number of amides is 2. The average Bonchev–Trinajstić information content (AvgIpc) is 2.66. The highest BCUT2D eigenvalue weighted by Gasteiger charge is 2.29. The summed E-state index contributed by atoms with van der Waals surface area (Å²) in [5, 5.41) is 0. The Balaban J connectivity index is 1.82. The van der Waals surface area contributed by atoms with Crippen LogP contribution in [0.4, 0.5) is 4.79 Å². The predicted octanol–water partition coefficient (Wildman–Crippen LogP) is 0.838. The van der Waals surface area contributed by atoms with Crippen molar-refractivity contribution in [2.75, 3.05) is 38.5 Å². The molecular formula is C18H27N3O5S. The minimum Gasteiger partial charge on any atom is -0.450 e. The van der Waals surface area contributed by atoms with E-state index in [0.717, 1.165) is 5.56 Å². The van der Waals surface area contributed by atoms with Gasteiger partial charge in [0.15, 0.2) is 0 Å². The van der Waals surface area contributed by atoms with Gasteiger partial charge in [-0.15, -0.1) is 0 Å². The normalized spacial score (nSPS) is 16.1. The van der Waals surface area contributed by atoms with Gasteiger partial charge < -0.3 is 14.5 Å². The molecule has 1 heterocycles. The van der Waals surface area contributed by atoms with Crippen LogP contribution >= 0.6 is 0 Å². The number of carbonyl (C=O) groups excluding carboxylic acids is 2. The van der Waals surface area contributed by atoms with Crippen LogP contribution < -0.4 is 4.72 Å². The van der Waals surface area contributed by atoms with E-state index in [1.165, 1.54) is 0 Å². The lowest BCUT2D eigenvalue weighted by molar-refractivity contribution is -0.134. The third-order valence-electron chi connectivity index (χ3n) is 4.35. The molecule has 0 spiro atoms. The molecule has 1 aliphatic heterocycles. The molecule has 0 bridgehead atoms. The van der Waals surface area contributed by atoms with Crippen LogP contribution in [-0.4, -0.2) is 74.8 Å². The van der Waals surface area contributed by atoms with Crippen LogP contribution in [0.5, 0.6) is 0 Å². The van der Waals surface area contributed by atoms with E-state index in [1.807, 2.05) is 30.3 Å². The first-order valence-corrected chi connectivity index (χ1v) is 10.7. The number of nitrogens with zero attached hydrogens (tertiary/aromatic N) is 2. The lowest BCUT2D eigenvalue weighted by atomic mass is 10.2. The summed E-state index contributed by atoms with van der Waals surface area (Å²) in [6.07, 6.45) is -0.00535. The Kier molecular flexibility index (Phi) is 7.61. The number of hydrogen-bond donors (Lipinski definition) is 1. The van der Waals surface area contributed by atoms with Gasteiger partial charge in [-0.25, -0.2) is 17.9 Å². The van der Waals surface area contributed by atoms with Gasteiger partial charge in [0.1, 0.15) is 0 Å². The predicted molar refractivity (Wildman–Crippen MR) is 102 cm³/mol. The van der Waals surface area contributed by atoms with Gasteiger partial charge in [-0.1, -0.05) is 30.3 Å². The number of piperazine rings is 1. The first-order chi connectivity index (χ1) is 12.8. The molecule has 9 heteroatoms. The smallest absolute Gasteiger partial charge is 0.409 e. The maximum Gasteiger partial charge on any atom is 0.409 e. The van der Waals surface area contributed by atoms with Gasteiger partial charge in [0.05, 0.1) is 18.4 Å². The van der Waals surface area contributed by atoms with Gasteiger partial charge in [-0.3, -0.25) is 4.79 Å². The number of carbonyl (C=O) groups is 2. The summed E-state index contributed by atoms with van der Waals surface area (Å²) < 4.78 is 31.9. The molecule has 1 fully saturated rings. The van der Waals surface area contributed by atoms with Crippen molar-refractivity contribution in [3.05, 3.63) is 35.9 Å². The number of sulfonamides is 1. The van der Waals surface area contributed by atoms with Crippen molar-refractivity contribution in [3.8, 4) is 0 Å². The van der Waals surface area contributed by atoms with E-state index in [2.05, 4.69) is 4.72 Å². The lowest BCUT2D eigenvalue weighted by Crippen LogP contribution is -2.55. The van der Waals surface area contributed by atoms with Crippen molar-refractivity contribution in [2.45, 2.75) is 26.3 Å². The summed E-state index contributed by atoms with van der Waals surface area (Å²) in [5.41, 5.74) is 0.928. The average molecular weight is 397 g/mol. The molecule has 1 N–H and O–H groups in total. The molecule has 0 aliphatic carbocycles. The molecule has 1 atom stereocenters. The van der Waals surface area contributed by atoms with E-state index < -0.39 is 16.1 Å². The Bertz CT molecular complexity index is 731. The van der Waals surface area contributed by atoms with E-state index in [0.29, 0.717) is 39.2 Å². The second-order valence-corrected chi connectivity index (χ2v) is 8.28. The zero-order chi connectivity index (χ0) is 19.9. The second-order valence-electron chi connectivity index (χ2n) is 6.41. The molecule has 1 saturated heterocycles. The molecule has 1 aromatic rings. The highest BCUT2D eigenvalue weighted by Crippen LogP contribution is 2.07. The molecule has 27 heavy (non-hydrogen) atoms. The van der Waals surface area contributed by atoms with Crippen LogP contribution in [0.1, 0.15) is 19.4 Å². The fraction of sp³-hybridized carbons (Fsp3) is 0.556. The highest BCUT2D eigenvalue weighted by atomic mass is 32.2. The van der Waals surface area contributed by atoms with Gasteiger partial charge in [-0.2, -0.15) is 0 Å². The molecule has 0 saturated carbocycles. The van der Waals surface area contributed by atoms with E-state index >= 15 is 0 Å². The number of ether oxygens (including phenoxy) is 1. The standard InChI is InChI=1S/C18H27N3O5S/c1-3-26-18(23)21-12-10-20(11-13-21)17(22)15(2)19-27(24,25)14-9-16-7-5-4-6-8-16/h4-8,15,19H,3,9-14H2,1-2H3/t15-/m1/s1. The summed E-state index contributed by atoms with van der Waals surface area (Å²) in [6, 6.07) is 8.48. The number of hydrogen-bond acceptors (Lipinski definition) is 5.